The van der Waals surface area contributed by atoms with Gasteiger partial charge in [-0.15, -0.1) is 0 Å². The molecule has 1 saturated heterocycles. The van der Waals surface area contributed by atoms with E-state index in [1.807, 2.05) is 0 Å². The van der Waals surface area contributed by atoms with Crippen molar-refractivity contribution in [2.45, 2.75) is 6.42 Å². The molecular weight excluding hydrogens is 276 g/mol. The number of thiol groups is 1. The summed E-state index contributed by atoms with van der Waals surface area (Å²) in [5.74, 6) is 0.777. The van der Waals surface area contributed by atoms with Gasteiger partial charge in [-0.25, -0.2) is 0 Å². The molecule has 0 aliphatic carbocycles. The number of nitro benzene ring substituents is 1. The molecule has 1 unspecified atom stereocenters. The number of rotatable bonds is 3. The lowest BCUT2D eigenvalue weighted by Gasteiger charge is -2.16. The molecule has 1 amide bonds. The van der Waals surface area contributed by atoms with Crippen LogP contribution in [0.2, 0.25) is 5.02 Å². The van der Waals surface area contributed by atoms with Gasteiger partial charge in [-0.05, 0) is 23.8 Å². The summed E-state index contributed by atoms with van der Waals surface area (Å²) in [6, 6.07) is 4.39. The van der Waals surface area contributed by atoms with Gasteiger partial charge in [0.15, 0.2) is 0 Å². The second-order valence-electron chi connectivity index (χ2n) is 4.15. The van der Waals surface area contributed by atoms with E-state index in [4.69, 9.17) is 11.6 Å². The van der Waals surface area contributed by atoms with Crippen LogP contribution < -0.4 is 4.90 Å². The molecule has 1 aliphatic heterocycles. The number of amides is 1. The summed E-state index contributed by atoms with van der Waals surface area (Å²) in [7, 11) is 0. The smallest absolute Gasteiger partial charge is 0.289 e. The normalized spacial score (nSPS) is 19.3. The third-order valence-corrected chi connectivity index (χ3v) is 3.74. The van der Waals surface area contributed by atoms with Crippen LogP contribution in [0.1, 0.15) is 6.42 Å². The summed E-state index contributed by atoms with van der Waals surface area (Å²) >= 11 is 9.90. The first-order valence-corrected chi connectivity index (χ1v) is 6.39. The van der Waals surface area contributed by atoms with Crippen LogP contribution in [0.4, 0.5) is 11.4 Å². The van der Waals surface area contributed by atoms with E-state index in [-0.39, 0.29) is 22.5 Å². The van der Waals surface area contributed by atoms with Crippen LogP contribution >= 0.6 is 24.2 Å². The minimum absolute atomic E-state index is 0.0364. The molecule has 1 aromatic carbocycles. The summed E-state index contributed by atoms with van der Waals surface area (Å²) in [6.07, 6.45) is 0.430. The number of benzene rings is 1. The maximum atomic E-state index is 11.8. The lowest BCUT2D eigenvalue weighted by Crippen LogP contribution is -2.24. The van der Waals surface area contributed by atoms with E-state index >= 15 is 0 Å². The van der Waals surface area contributed by atoms with Gasteiger partial charge in [0.1, 0.15) is 5.02 Å². The Labute approximate surface area is 114 Å². The maximum Gasteiger partial charge on any atom is 0.289 e. The zero-order valence-corrected chi connectivity index (χ0v) is 11.0. The van der Waals surface area contributed by atoms with Gasteiger partial charge in [-0.2, -0.15) is 12.6 Å². The molecule has 0 N–H and O–H groups in total. The quantitative estimate of drug-likeness (QED) is 0.527. The summed E-state index contributed by atoms with van der Waals surface area (Å²) in [6.45, 7) is 0.543. The van der Waals surface area contributed by atoms with Crippen molar-refractivity contribution in [1.82, 2.24) is 0 Å². The van der Waals surface area contributed by atoms with Gasteiger partial charge in [0.05, 0.1) is 10.6 Å². The highest BCUT2D eigenvalue weighted by Gasteiger charge is 2.30. The molecule has 1 heterocycles. The molecule has 1 aromatic rings. The van der Waals surface area contributed by atoms with Crippen molar-refractivity contribution in [3.63, 3.8) is 0 Å². The van der Waals surface area contributed by atoms with Crippen LogP contribution in [-0.2, 0) is 4.79 Å². The molecule has 2 rings (SSSR count). The van der Waals surface area contributed by atoms with Crippen molar-refractivity contribution < 1.29 is 9.72 Å². The van der Waals surface area contributed by atoms with Gasteiger partial charge >= 0.3 is 0 Å². The molecule has 0 radical (unpaired) electrons. The number of halogens is 1. The molecule has 18 heavy (non-hydrogen) atoms. The summed E-state index contributed by atoms with van der Waals surface area (Å²) in [5.41, 5.74) is 0.330. The standard InChI is InChI=1S/C11H11ClN2O3S/c12-9-2-1-8(4-10(9)14(16)17)13-5-7(6-18)3-11(13)15/h1-2,4,7,18H,3,5-6H2. The predicted molar refractivity (Wildman–Crippen MR) is 72.4 cm³/mol. The fourth-order valence-electron chi connectivity index (χ4n) is 1.96. The number of anilines is 1. The summed E-state index contributed by atoms with van der Waals surface area (Å²) in [4.78, 5) is 23.6. The fourth-order valence-corrected chi connectivity index (χ4v) is 2.39. The van der Waals surface area contributed by atoms with E-state index in [0.717, 1.165) is 0 Å². The first kappa shape index (κ1) is 13.2. The molecular formula is C11H11ClN2O3S. The molecule has 1 atom stereocenters. The molecule has 96 valence electrons. The fraction of sp³-hybridized carbons (Fsp3) is 0.364. The Morgan fingerprint density at radius 3 is 2.83 bits per heavy atom. The predicted octanol–water partition coefficient (Wildman–Crippen LogP) is 2.53. The molecule has 0 aromatic heterocycles. The van der Waals surface area contributed by atoms with Gasteiger partial charge < -0.3 is 4.90 Å². The van der Waals surface area contributed by atoms with Crippen LogP contribution in [0, 0.1) is 16.0 Å². The van der Waals surface area contributed by atoms with Gasteiger partial charge in [0.25, 0.3) is 5.69 Å². The van der Waals surface area contributed by atoms with E-state index < -0.39 is 4.92 Å². The average Bonchev–Trinajstić information content (AvgIpc) is 2.71. The van der Waals surface area contributed by atoms with Crippen LogP contribution in [0.25, 0.3) is 0 Å². The van der Waals surface area contributed by atoms with Crippen LogP contribution in [0.5, 0.6) is 0 Å². The zero-order valence-electron chi connectivity index (χ0n) is 9.38. The lowest BCUT2D eigenvalue weighted by atomic mass is 10.1. The van der Waals surface area contributed by atoms with Crippen molar-refractivity contribution in [1.29, 1.82) is 0 Å². The monoisotopic (exact) mass is 286 g/mol. The third-order valence-electron chi connectivity index (χ3n) is 2.90. The van der Waals surface area contributed by atoms with Gasteiger partial charge in [-0.3, -0.25) is 14.9 Å². The molecule has 1 aliphatic rings. The van der Waals surface area contributed by atoms with E-state index in [1.165, 1.54) is 12.1 Å². The highest BCUT2D eigenvalue weighted by molar-refractivity contribution is 7.80. The molecule has 7 heteroatoms. The van der Waals surface area contributed by atoms with Gasteiger partial charge in [0.2, 0.25) is 5.91 Å². The Balaban J connectivity index is 2.32. The Bertz CT molecular complexity index is 509. The number of hydrogen-bond acceptors (Lipinski definition) is 4. The van der Waals surface area contributed by atoms with Crippen molar-refractivity contribution in [3.8, 4) is 0 Å². The molecule has 1 fully saturated rings. The van der Waals surface area contributed by atoms with Crippen molar-refractivity contribution >= 4 is 41.5 Å². The van der Waals surface area contributed by atoms with E-state index in [0.29, 0.717) is 24.4 Å². The Morgan fingerprint density at radius 2 is 2.28 bits per heavy atom. The average molecular weight is 287 g/mol. The minimum atomic E-state index is -0.553. The Morgan fingerprint density at radius 1 is 1.56 bits per heavy atom. The molecule has 0 bridgehead atoms. The number of carbonyl (C=O) groups is 1. The van der Waals surface area contributed by atoms with Gasteiger partial charge in [-0.1, -0.05) is 11.6 Å². The second-order valence-corrected chi connectivity index (χ2v) is 4.92. The SMILES string of the molecule is O=C1CC(CS)CN1c1ccc(Cl)c([N+](=O)[O-])c1. The van der Waals surface area contributed by atoms with E-state index in [9.17, 15) is 14.9 Å². The van der Waals surface area contributed by atoms with Crippen LogP contribution in [0.3, 0.4) is 0 Å². The number of hydrogen-bond donors (Lipinski definition) is 1. The summed E-state index contributed by atoms with van der Waals surface area (Å²) in [5, 5.41) is 10.9. The summed E-state index contributed by atoms with van der Waals surface area (Å²) < 4.78 is 0. The van der Waals surface area contributed by atoms with Crippen molar-refractivity contribution in [2.24, 2.45) is 5.92 Å². The number of nitro groups is 1. The number of nitrogens with zero attached hydrogens (tertiary/aromatic N) is 2. The second kappa shape index (κ2) is 5.16. The molecule has 0 spiro atoms. The zero-order chi connectivity index (χ0) is 13.3. The molecule has 5 nitrogen and oxygen atoms in total. The Kier molecular flexibility index (Phi) is 3.77. The van der Waals surface area contributed by atoms with Crippen LogP contribution in [0.15, 0.2) is 18.2 Å². The third kappa shape index (κ3) is 2.44. The Hall–Kier alpha value is -1.27. The first-order chi connectivity index (χ1) is 8.52. The lowest BCUT2D eigenvalue weighted by molar-refractivity contribution is -0.384. The minimum Gasteiger partial charge on any atom is -0.312 e. The van der Waals surface area contributed by atoms with Crippen LogP contribution in [-0.4, -0.2) is 23.1 Å². The first-order valence-electron chi connectivity index (χ1n) is 5.38. The number of carbonyl (C=O) groups excluding carboxylic acids is 1. The van der Waals surface area contributed by atoms with Crippen molar-refractivity contribution in [2.75, 3.05) is 17.2 Å². The van der Waals surface area contributed by atoms with Crippen molar-refractivity contribution in [3.05, 3.63) is 33.3 Å². The highest BCUT2D eigenvalue weighted by atomic mass is 35.5. The molecule has 0 saturated carbocycles. The largest absolute Gasteiger partial charge is 0.312 e. The van der Waals surface area contributed by atoms with Gasteiger partial charge in [0, 0.05) is 19.0 Å². The van der Waals surface area contributed by atoms with E-state index in [2.05, 4.69) is 12.6 Å². The van der Waals surface area contributed by atoms with E-state index in [1.54, 1.807) is 11.0 Å². The highest BCUT2D eigenvalue weighted by Crippen LogP contribution is 2.32. The maximum absolute atomic E-state index is 11.8. The topological polar surface area (TPSA) is 63.5 Å².